The predicted octanol–water partition coefficient (Wildman–Crippen LogP) is 6.57. The van der Waals surface area contributed by atoms with Gasteiger partial charge in [-0.05, 0) is 91.5 Å². The van der Waals surface area contributed by atoms with E-state index in [9.17, 15) is 14.4 Å². The Morgan fingerprint density at radius 1 is 1.19 bits per heavy atom. The minimum absolute atomic E-state index is 0.247. The molecule has 6 nitrogen and oxygen atoms in total. The van der Waals surface area contributed by atoms with E-state index in [2.05, 4.69) is 51.0 Å². The number of nitrogens with one attached hydrogen (secondary N) is 1. The van der Waals surface area contributed by atoms with Crippen molar-refractivity contribution in [3.63, 3.8) is 0 Å². The second kappa shape index (κ2) is 10.9. The molecule has 1 aliphatic heterocycles. The number of hydrogen-bond acceptors (Lipinski definition) is 5. The van der Waals surface area contributed by atoms with Gasteiger partial charge in [-0.15, -0.1) is 0 Å². The summed E-state index contributed by atoms with van der Waals surface area (Å²) in [6.07, 6.45) is 1.62. The number of carbonyl (C=O) groups excluding carboxylic acids is 3. The first kappa shape index (κ1) is 24.8. The lowest BCUT2D eigenvalue weighted by Gasteiger charge is -2.13. The number of rotatable bonds is 7. The first-order valence-corrected chi connectivity index (χ1v) is 12.3. The summed E-state index contributed by atoms with van der Waals surface area (Å²) >= 11 is 13.6. The van der Waals surface area contributed by atoms with Crippen LogP contribution in [0.2, 0.25) is 5.02 Å². The lowest BCUT2D eigenvalue weighted by molar-refractivity contribution is -0.127. The minimum atomic E-state index is -0.514. The standard InChI is InChI=1S/C22H19Br2ClN2O4S/c1-12(2)11-31-18-6-3-13(7-16(18)24)8-19-21(29)27(22(30)32-19)10-20(28)26-14-4-5-15(23)17(25)9-14/h3-9,12H,10-11H2,1-2H3,(H,26,28)/b19-8+. The van der Waals surface area contributed by atoms with E-state index >= 15 is 0 Å². The van der Waals surface area contributed by atoms with E-state index in [1.54, 1.807) is 36.4 Å². The molecule has 168 valence electrons. The maximum atomic E-state index is 12.7. The van der Waals surface area contributed by atoms with Crippen LogP contribution in [0.1, 0.15) is 19.4 Å². The number of anilines is 1. The summed E-state index contributed by atoms with van der Waals surface area (Å²) < 4.78 is 7.17. The van der Waals surface area contributed by atoms with Crippen molar-refractivity contribution in [2.45, 2.75) is 13.8 Å². The maximum absolute atomic E-state index is 12.7. The molecule has 0 radical (unpaired) electrons. The van der Waals surface area contributed by atoms with Gasteiger partial charge in [0.1, 0.15) is 12.3 Å². The van der Waals surface area contributed by atoms with Crippen LogP contribution in [0.4, 0.5) is 10.5 Å². The second-order valence-electron chi connectivity index (χ2n) is 7.34. The molecule has 1 heterocycles. The lowest BCUT2D eigenvalue weighted by atomic mass is 10.2. The lowest BCUT2D eigenvalue weighted by Crippen LogP contribution is -2.36. The van der Waals surface area contributed by atoms with Crippen LogP contribution in [0, 0.1) is 5.92 Å². The fraction of sp³-hybridized carbons (Fsp3) is 0.227. The van der Waals surface area contributed by atoms with Gasteiger partial charge in [-0.25, -0.2) is 0 Å². The Morgan fingerprint density at radius 2 is 1.94 bits per heavy atom. The van der Waals surface area contributed by atoms with Crippen molar-refractivity contribution in [1.82, 2.24) is 4.90 Å². The molecule has 3 amide bonds. The quantitative estimate of drug-likeness (QED) is 0.363. The van der Waals surface area contributed by atoms with Gasteiger partial charge in [0.2, 0.25) is 5.91 Å². The Labute approximate surface area is 212 Å². The topological polar surface area (TPSA) is 75.7 Å². The van der Waals surface area contributed by atoms with E-state index in [0.29, 0.717) is 33.5 Å². The molecule has 32 heavy (non-hydrogen) atoms. The molecular weight excluding hydrogens is 584 g/mol. The van der Waals surface area contributed by atoms with Crippen molar-refractivity contribution >= 4 is 84.0 Å². The summed E-state index contributed by atoms with van der Waals surface area (Å²) in [5.74, 6) is 0.0846. The molecule has 0 saturated carbocycles. The van der Waals surface area contributed by atoms with E-state index in [0.717, 1.165) is 26.7 Å². The van der Waals surface area contributed by atoms with Crippen LogP contribution in [-0.2, 0) is 9.59 Å². The zero-order valence-corrected chi connectivity index (χ0v) is 21.9. The van der Waals surface area contributed by atoms with Crippen LogP contribution in [0.3, 0.4) is 0 Å². The molecule has 1 saturated heterocycles. The van der Waals surface area contributed by atoms with Crippen molar-refractivity contribution in [3.05, 3.63) is 60.8 Å². The Kier molecular flexibility index (Phi) is 8.43. The van der Waals surface area contributed by atoms with E-state index < -0.39 is 17.1 Å². The van der Waals surface area contributed by atoms with Gasteiger partial charge in [0.05, 0.1) is 21.0 Å². The van der Waals surface area contributed by atoms with Gasteiger partial charge in [-0.1, -0.05) is 31.5 Å². The average Bonchev–Trinajstić information content (AvgIpc) is 2.97. The maximum Gasteiger partial charge on any atom is 0.294 e. The van der Waals surface area contributed by atoms with Crippen LogP contribution in [0.5, 0.6) is 5.75 Å². The molecule has 3 rings (SSSR count). The fourth-order valence-corrected chi connectivity index (χ4v) is 4.46. The van der Waals surface area contributed by atoms with Gasteiger partial charge in [0, 0.05) is 10.2 Å². The predicted molar refractivity (Wildman–Crippen MR) is 135 cm³/mol. The third-order valence-electron chi connectivity index (χ3n) is 4.20. The van der Waals surface area contributed by atoms with E-state index in [4.69, 9.17) is 16.3 Å². The Hall–Kier alpha value is -1.81. The zero-order chi connectivity index (χ0) is 23.4. The monoisotopic (exact) mass is 600 g/mol. The first-order valence-electron chi connectivity index (χ1n) is 9.56. The number of nitrogens with zero attached hydrogens (tertiary/aromatic N) is 1. The van der Waals surface area contributed by atoms with Crippen LogP contribution < -0.4 is 10.1 Å². The van der Waals surface area contributed by atoms with E-state index in [1.807, 2.05) is 6.07 Å². The molecule has 0 unspecified atom stereocenters. The number of ether oxygens (including phenoxy) is 1. The van der Waals surface area contributed by atoms with Gasteiger partial charge < -0.3 is 10.1 Å². The molecule has 1 N–H and O–H groups in total. The Morgan fingerprint density at radius 3 is 2.59 bits per heavy atom. The summed E-state index contributed by atoms with van der Waals surface area (Å²) in [5, 5.41) is 2.57. The van der Waals surface area contributed by atoms with Crippen molar-refractivity contribution in [2.75, 3.05) is 18.5 Å². The Balaban J connectivity index is 1.67. The molecule has 2 aromatic carbocycles. The van der Waals surface area contributed by atoms with Crippen LogP contribution in [0.25, 0.3) is 6.08 Å². The van der Waals surface area contributed by atoms with Crippen molar-refractivity contribution < 1.29 is 19.1 Å². The van der Waals surface area contributed by atoms with Crippen molar-refractivity contribution in [3.8, 4) is 5.75 Å². The molecule has 0 aliphatic carbocycles. The largest absolute Gasteiger partial charge is 0.492 e. The van der Waals surface area contributed by atoms with Gasteiger partial charge in [0.15, 0.2) is 0 Å². The number of halogens is 3. The third kappa shape index (κ3) is 6.37. The molecule has 0 aromatic heterocycles. The van der Waals surface area contributed by atoms with Crippen LogP contribution in [-0.4, -0.2) is 35.1 Å². The molecule has 2 aromatic rings. The SMILES string of the molecule is CC(C)COc1ccc(/C=C2/SC(=O)N(CC(=O)Nc3ccc(Br)c(Cl)c3)C2=O)cc1Br. The van der Waals surface area contributed by atoms with E-state index in [1.165, 1.54) is 0 Å². The first-order chi connectivity index (χ1) is 15.1. The number of thioether (sulfide) groups is 1. The summed E-state index contributed by atoms with van der Waals surface area (Å²) in [4.78, 5) is 38.6. The molecule has 1 fully saturated rings. The number of benzene rings is 2. The van der Waals surface area contributed by atoms with Gasteiger partial charge in [0.25, 0.3) is 11.1 Å². The summed E-state index contributed by atoms with van der Waals surface area (Å²) in [5.41, 5.74) is 1.20. The number of amides is 3. The summed E-state index contributed by atoms with van der Waals surface area (Å²) in [7, 11) is 0. The minimum Gasteiger partial charge on any atom is -0.492 e. The highest BCUT2D eigenvalue weighted by atomic mass is 79.9. The fourth-order valence-electron chi connectivity index (χ4n) is 2.69. The summed E-state index contributed by atoms with van der Waals surface area (Å²) in [6, 6.07) is 10.3. The molecule has 0 spiro atoms. The van der Waals surface area contributed by atoms with Gasteiger partial charge in [-0.3, -0.25) is 19.3 Å². The average molecular weight is 603 g/mol. The molecule has 0 bridgehead atoms. The molecule has 10 heteroatoms. The van der Waals surface area contributed by atoms with Crippen LogP contribution >= 0.6 is 55.2 Å². The van der Waals surface area contributed by atoms with Gasteiger partial charge >= 0.3 is 0 Å². The zero-order valence-electron chi connectivity index (χ0n) is 17.2. The smallest absolute Gasteiger partial charge is 0.294 e. The highest BCUT2D eigenvalue weighted by Crippen LogP contribution is 2.34. The number of hydrogen-bond donors (Lipinski definition) is 1. The van der Waals surface area contributed by atoms with Gasteiger partial charge in [-0.2, -0.15) is 0 Å². The molecule has 0 atom stereocenters. The second-order valence-corrected chi connectivity index (χ2v) is 10.4. The van der Waals surface area contributed by atoms with Crippen LogP contribution in [0.15, 0.2) is 50.2 Å². The number of imide groups is 1. The third-order valence-corrected chi connectivity index (χ3v) is 6.96. The van der Waals surface area contributed by atoms with Crippen molar-refractivity contribution in [1.29, 1.82) is 0 Å². The molecular formula is C22H19Br2ClN2O4S. The van der Waals surface area contributed by atoms with E-state index in [-0.39, 0.29) is 11.4 Å². The normalized spacial score (nSPS) is 15.1. The molecule has 1 aliphatic rings. The highest BCUT2D eigenvalue weighted by molar-refractivity contribution is 9.10. The van der Waals surface area contributed by atoms with Crippen molar-refractivity contribution in [2.24, 2.45) is 5.92 Å². The number of carbonyl (C=O) groups is 3. The Bertz CT molecular complexity index is 1110. The summed E-state index contributed by atoms with van der Waals surface area (Å²) in [6.45, 7) is 4.33. The highest BCUT2D eigenvalue weighted by Gasteiger charge is 2.36.